The molecule has 0 aliphatic carbocycles. The molecule has 0 fully saturated rings. The number of para-hydroxylation sites is 1. The molecule has 130 valence electrons. The number of carbonyl (C=O) groups excluding carboxylic acids is 1. The largest absolute Gasteiger partial charge is 0.360 e. The van der Waals surface area contributed by atoms with Gasteiger partial charge in [0, 0.05) is 28.9 Å². The normalized spacial score (nSPS) is 11.8. The third-order valence-electron chi connectivity index (χ3n) is 4.30. The van der Waals surface area contributed by atoms with Gasteiger partial charge in [0.15, 0.2) is 5.78 Å². The van der Waals surface area contributed by atoms with Crippen molar-refractivity contribution >= 4 is 28.4 Å². The Morgan fingerprint density at radius 3 is 2.67 bits per heavy atom. The van der Waals surface area contributed by atoms with Crippen LogP contribution in [0, 0.1) is 11.3 Å². The summed E-state index contributed by atoms with van der Waals surface area (Å²) in [6.07, 6.45) is 3.36. The van der Waals surface area contributed by atoms with Gasteiger partial charge in [0.2, 0.25) is 0 Å². The fourth-order valence-corrected chi connectivity index (χ4v) is 4.07. The van der Waals surface area contributed by atoms with Gasteiger partial charge >= 0.3 is 0 Å². The van der Waals surface area contributed by atoms with Gasteiger partial charge < -0.3 is 4.98 Å². The molecule has 0 aliphatic rings. The quantitative estimate of drug-likeness (QED) is 0.390. The van der Waals surface area contributed by atoms with Crippen LogP contribution in [0.4, 0.5) is 0 Å². The minimum atomic E-state index is -0.452. The van der Waals surface area contributed by atoms with Crippen LogP contribution in [0.5, 0.6) is 0 Å². The third-order valence-corrected chi connectivity index (χ3v) is 5.48. The first-order chi connectivity index (χ1) is 13.3. The number of fused-ring (bicyclic) bond motifs is 1. The fraction of sp³-hybridized carbons (Fsp3) is 0.0455. The van der Waals surface area contributed by atoms with E-state index < -0.39 is 5.25 Å². The highest BCUT2D eigenvalue weighted by molar-refractivity contribution is 8.00. The second-order valence-corrected chi connectivity index (χ2v) is 7.14. The van der Waals surface area contributed by atoms with E-state index in [4.69, 9.17) is 5.26 Å². The highest BCUT2D eigenvalue weighted by Crippen LogP contribution is 2.38. The van der Waals surface area contributed by atoms with Gasteiger partial charge in [-0.1, -0.05) is 60.3 Å². The van der Waals surface area contributed by atoms with Crippen molar-refractivity contribution < 1.29 is 4.79 Å². The maximum absolute atomic E-state index is 13.4. The number of thioether (sulfide) groups is 1. The third kappa shape index (κ3) is 3.48. The summed E-state index contributed by atoms with van der Waals surface area (Å²) < 4.78 is 0. The van der Waals surface area contributed by atoms with Crippen molar-refractivity contribution in [1.82, 2.24) is 9.97 Å². The van der Waals surface area contributed by atoms with E-state index in [-0.39, 0.29) is 5.78 Å². The Hall–Kier alpha value is -3.36. The Balaban J connectivity index is 1.76. The molecule has 0 amide bonds. The molecule has 1 unspecified atom stereocenters. The van der Waals surface area contributed by atoms with Gasteiger partial charge in [-0.2, -0.15) is 5.26 Å². The van der Waals surface area contributed by atoms with Gasteiger partial charge in [0.1, 0.15) is 0 Å². The number of nitriles is 1. The van der Waals surface area contributed by atoms with Crippen molar-refractivity contribution in [2.75, 3.05) is 0 Å². The lowest BCUT2D eigenvalue weighted by atomic mass is 10.0. The van der Waals surface area contributed by atoms with Crippen LogP contribution in [-0.4, -0.2) is 15.8 Å². The number of nitrogens with zero attached hydrogens (tertiary/aromatic N) is 2. The van der Waals surface area contributed by atoms with Gasteiger partial charge in [-0.3, -0.25) is 4.79 Å². The van der Waals surface area contributed by atoms with Crippen LogP contribution >= 0.6 is 11.8 Å². The standard InChI is InChI=1S/C22H15N3OS/c23-13-15-10-11-24-20(12-15)27-22(16-6-2-1-3-7-16)21(26)18-14-25-19-9-5-4-8-17(18)19/h1-12,14,22,25H. The van der Waals surface area contributed by atoms with Crippen molar-refractivity contribution in [2.24, 2.45) is 0 Å². The summed E-state index contributed by atoms with van der Waals surface area (Å²) in [4.78, 5) is 20.9. The maximum Gasteiger partial charge on any atom is 0.182 e. The number of nitrogens with one attached hydrogen (secondary N) is 1. The lowest BCUT2D eigenvalue weighted by molar-refractivity contribution is 0.0991. The van der Waals surface area contributed by atoms with Crippen LogP contribution in [0.3, 0.4) is 0 Å². The van der Waals surface area contributed by atoms with E-state index in [1.807, 2.05) is 54.6 Å². The summed E-state index contributed by atoms with van der Waals surface area (Å²) in [6, 6.07) is 22.9. The number of hydrogen-bond acceptors (Lipinski definition) is 4. The summed E-state index contributed by atoms with van der Waals surface area (Å²) in [5.74, 6) is 0.00723. The highest BCUT2D eigenvalue weighted by atomic mass is 32.2. The summed E-state index contributed by atoms with van der Waals surface area (Å²) in [6.45, 7) is 0. The molecule has 4 aromatic rings. The Kier molecular flexibility index (Phi) is 4.73. The molecule has 0 saturated carbocycles. The monoisotopic (exact) mass is 369 g/mol. The number of aromatic amines is 1. The molecule has 1 atom stereocenters. The second-order valence-electron chi connectivity index (χ2n) is 6.02. The number of H-pyrrole nitrogens is 1. The molecule has 2 heterocycles. The molecule has 1 N–H and O–H groups in total. The lowest BCUT2D eigenvalue weighted by Crippen LogP contribution is -2.10. The van der Waals surface area contributed by atoms with Crippen molar-refractivity contribution in [3.8, 4) is 6.07 Å². The van der Waals surface area contributed by atoms with E-state index in [2.05, 4.69) is 16.0 Å². The molecule has 0 saturated heterocycles. The van der Waals surface area contributed by atoms with Gasteiger partial charge in [-0.15, -0.1) is 0 Å². The first kappa shape index (κ1) is 17.1. The highest BCUT2D eigenvalue weighted by Gasteiger charge is 2.26. The lowest BCUT2D eigenvalue weighted by Gasteiger charge is -2.15. The molecule has 0 bridgehead atoms. The number of benzene rings is 2. The zero-order valence-electron chi connectivity index (χ0n) is 14.3. The molecule has 2 aromatic carbocycles. The average molecular weight is 369 g/mol. The molecular weight excluding hydrogens is 354 g/mol. The molecule has 4 nitrogen and oxygen atoms in total. The van der Waals surface area contributed by atoms with Crippen LogP contribution in [0.15, 0.2) is 84.1 Å². The molecule has 2 aromatic heterocycles. The van der Waals surface area contributed by atoms with Gasteiger partial charge in [0.25, 0.3) is 0 Å². The van der Waals surface area contributed by atoms with Crippen molar-refractivity contribution in [3.05, 3.63) is 95.8 Å². The molecule has 5 heteroatoms. The first-order valence-corrected chi connectivity index (χ1v) is 9.32. The zero-order chi connectivity index (χ0) is 18.6. The smallest absolute Gasteiger partial charge is 0.182 e. The summed E-state index contributed by atoms with van der Waals surface area (Å²) in [5, 5.41) is 10.2. The molecule has 4 rings (SSSR count). The predicted molar refractivity (Wildman–Crippen MR) is 107 cm³/mol. The van der Waals surface area contributed by atoms with Crippen LogP contribution in [0.25, 0.3) is 10.9 Å². The predicted octanol–water partition coefficient (Wildman–Crippen LogP) is 5.15. The van der Waals surface area contributed by atoms with Gasteiger partial charge in [0.05, 0.1) is 21.9 Å². The number of pyridine rings is 1. The minimum absolute atomic E-state index is 0.00723. The van der Waals surface area contributed by atoms with Crippen molar-refractivity contribution in [1.29, 1.82) is 5.26 Å². The average Bonchev–Trinajstić information content (AvgIpc) is 3.16. The second kappa shape index (κ2) is 7.48. The van der Waals surface area contributed by atoms with E-state index in [9.17, 15) is 4.79 Å². The molecule has 0 radical (unpaired) electrons. The van der Waals surface area contributed by atoms with E-state index in [0.29, 0.717) is 16.2 Å². The summed E-state index contributed by atoms with van der Waals surface area (Å²) >= 11 is 1.36. The Bertz CT molecular complexity index is 1140. The topological polar surface area (TPSA) is 69.5 Å². The van der Waals surface area contributed by atoms with E-state index in [0.717, 1.165) is 16.5 Å². The maximum atomic E-state index is 13.4. The van der Waals surface area contributed by atoms with E-state index >= 15 is 0 Å². The molecule has 27 heavy (non-hydrogen) atoms. The van der Waals surface area contributed by atoms with Crippen LogP contribution in [0.2, 0.25) is 0 Å². The number of Topliss-reactive ketones (excluding diaryl/α,β-unsaturated/α-hetero) is 1. The van der Waals surface area contributed by atoms with Crippen molar-refractivity contribution in [2.45, 2.75) is 10.3 Å². The number of aromatic nitrogens is 2. The summed E-state index contributed by atoms with van der Waals surface area (Å²) in [7, 11) is 0. The Labute approximate surface area is 160 Å². The van der Waals surface area contributed by atoms with Gasteiger partial charge in [-0.05, 0) is 23.8 Å². The number of hydrogen-bond donors (Lipinski definition) is 1. The van der Waals surface area contributed by atoms with Crippen LogP contribution in [0.1, 0.15) is 26.7 Å². The van der Waals surface area contributed by atoms with Gasteiger partial charge in [-0.25, -0.2) is 4.98 Å². The number of ketones is 1. The summed E-state index contributed by atoms with van der Waals surface area (Å²) in [5.41, 5.74) is 3.02. The molecular formula is C22H15N3OS. The first-order valence-electron chi connectivity index (χ1n) is 8.44. The number of carbonyl (C=O) groups is 1. The SMILES string of the molecule is N#Cc1ccnc(SC(C(=O)c2c[nH]c3ccccc23)c2ccccc2)c1. The van der Waals surface area contributed by atoms with Crippen LogP contribution in [-0.2, 0) is 0 Å². The molecule has 0 aliphatic heterocycles. The zero-order valence-corrected chi connectivity index (χ0v) is 15.1. The Morgan fingerprint density at radius 1 is 1.07 bits per heavy atom. The minimum Gasteiger partial charge on any atom is -0.360 e. The fourth-order valence-electron chi connectivity index (χ4n) is 2.98. The Morgan fingerprint density at radius 2 is 1.85 bits per heavy atom. The van der Waals surface area contributed by atoms with E-state index in [1.54, 1.807) is 24.5 Å². The van der Waals surface area contributed by atoms with Crippen molar-refractivity contribution in [3.63, 3.8) is 0 Å². The van der Waals surface area contributed by atoms with Crippen LogP contribution < -0.4 is 0 Å². The number of rotatable bonds is 5. The van der Waals surface area contributed by atoms with E-state index in [1.165, 1.54) is 11.8 Å². The molecule has 0 spiro atoms.